The smallest absolute Gasteiger partial charge is 0.260 e. The third-order valence-corrected chi connectivity index (χ3v) is 5.90. The van der Waals surface area contributed by atoms with Gasteiger partial charge in [0.05, 0.1) is 29.2 Å². The number of pyridine rings is 3. The van der Waals surface area contributed by atoms with Crippen LogP contribution in [-0.2, 0) is 4.79 Å². The van der Waals surface area contributed by atoms with Crippen molar-refractivity contribution in [3.63, 3.8) is 0 Å². The van der Waals surface area contributed by atoms with Crippen molar-refractivity contribution in [2.24, 2.45) is 5.92 Å². The highest BCUT2D eigenvalue weighted by Gasteiger charge is 2.61. The molecule has 4 heterocycles. The van der Waals surface area contributed by atoms with E-state index >= 15 is 0 Å². The second-order valence-electron chi connectivity index (χ2n) is 8.17. The molecule has 164 valence electrons. The van der Waals surface area contributed by atoms with Crippen LogP contribution >= 0.6 is 0 Å². The molecule has 0 saturated heterocycles. The summed E-state index contributed by atoms with van der Waals surface area (Å²) in [5, 5.41) is 18.6. The second kappa shape index (κ2) is 7.30. The van der Waals surface area contributed by atoms with Gasteiger partial charge >= 0.3 is 0 Å². The highest BCUT2D eigenvalue weighted by molar-refractivity contribution is 6.01. The highest BCUT2D eigenvalue weighted by atomic mass is 19.3. The Balaban J connectivity index is 1.56. The fourth-order valence-electron chi connectivity index (χ4n) is 3.92. The molecular weight excluding hydrogens is 416 g/mol. The number of nitrogens with zero attached hydrogens (tertiary/aromatic N) is 4. The first-order valence-electron chi connectivity index (χ1n) is 10.4. The van der Waals surface area contributed by atoms with Gasteiger partial charge < -0.3 is 10.4 Å². The first-order chi connectivity index (χ1) is 15.3. The van der Waals surface area contributed by atoms with Crippen LogP contribution in [0.3, 0.4) is 0 Å². The van der Waals surface area contributed by atoms with Crippen LogP contribution < -0.4 is 5.32 Å². The van der Waals surface area contributed by atoms with E-state index in [0.717, 1.165) is 33.1 Å². The van der Waals surface area contributed by atoms with E-state index in [-0.39, 0.29) is 5.82 Å². The summed E-state index contributed by atoms with van der Waals surface area (Å²) in [6, 6.07) is 7.29. The van der Waals surface area contributed by atoms with E-state index in [4.69, 9.17) is 0 Å². The Morgan fingerprint density at radius 3 is 2.78 bits per heavy atom. The number of aromatic nitrogens is 4. The predicted octanol–water partition coefficient (Wildman–Crippen LogP) is 4.29. The minimum absolute atomic E-state index is 0.219. The molecule has 9 heteroatoms. The summed E-state index contributed by atoms with van der Waals surface area (Å²) >= 11 is 0. The number of aliphatic hydroxyl groups excluding tert-OH is 1. The normalized spacial score (nSPS) is 18.1. The molecule has 2 atom stereocenters. The van der Waals surface area contributed by atoms with Gasteiger partial charge in [0.15, 0.2) is 0 Å². The highest BCUT2D eigenvalue weighted by Crippen LogP contribution is 2.49. The average molecular weight is 437 g/mol. The van der Waals surface area contributed by atoms with E-state index in [0.29, 0.717) is 12.1 Å². The number of hydrogen-bond acceptors (Lipinski definition) is 5. The third-order valence-electron chi connectivity index (χ3n) is 5.90. The predicted molar refractivity (Wildman–Crippen MR) is 115 cm³/mol. The zero-order valence-electron chi connectivity index (χ0n) is 17.5. The largest absolute Gasteiger partial charge is 0.387 e. The summed E-state index contributed by atoms with van der Waals surface area (Å²) in [5.74, 6) is -4.72. The van der Waals surface area contributed by atoms with Crippen molar-refractivity contribution in [3.05, 3.63) is 54.1 Å². The molecule has 0 bridgehead atoms. The van der Waals surface area contributed by atoms with Gasteiger partial charge in [0.25, 0.3) is 5.92 Å². The molecule has 1 amide bonds. The van der Waals surface area contributed by atoms with Crippen molar-refractivity contribution in [2.45, 2.75) is 38.7 Å². The molecule has 1 saturated carbocycles. The number of alkyl halides is 2. The van der Waals surface area contributed by atoms with Crippen LogP contribution in [0.2, 0.25) is 0 Å². The molecule has 0 radical (unpaired) electrons. The zero-order chi connectivity index (χ0) is 22.6. The van der Waals surface area contributed by atoms with Gasteiger partial charge in [-0.05, 0) is 43.2 Å². The summed E-state index contributed by atoms with van der Waals surface area (Å²) in [5.41, 5.74) is 4.01. The number of anilines is 1. The van der Waals surface area contributed by atoms with Crippen molar-refractivity contribution in [2.75, 3.05) is 5.32 Å². The van der Waals surface area contributed by atoms with E-state index in [1.54, 1.807) is 29.2 Å². The summed E-state index contributed by atoms with van der Waals surface area (Å²) < 4.78 is 28.1. The average Bonchev–Trinajstić information content (AvgIpc) is 3.18. The third kappa shape index (κ3) is 3.38. The summed E-state index contributed by atoms with van der Waals surface area (Å²) in [6.07, 6.45) is 4.53. The fourth-order valence-corrected chi connectivity index (χ4v) is 3.92. The number of halogens is 2. The minimum Gasteiger partial charge on any atom is -0.387 e. The van der Waals surface area contributed by atoms with Gasteiger partial charge in [0, 0.05) is 35.2 Å². The molecule has 7 nitrogen and oxygen atoms in total. The van der Waals surface area contributed by atoms with Gasteiger partial charge in [-0.1, -0.05) is 6.92 Å². The first-order valence-corrected chi connectivity index (χ1v) is 10.4. The summed E-state index contributed by atoms with van der Waals surface area (Å²) in [7, 11) is 0. The lowest BCUT2D eigenvalue weighted by Crippen LogP contribution is -2.18. The Labute approximate surface area is 182 Å². The Morgan fingerprint density at radius 1 is 1.31 bits per heavy atom. The zero-order valence-corrected chi connectivity index (χ0v) is 17.5. The molecule has 1 fully saturated rings. The van der Waals surface area contributed by atoms with Gasteiger partial charge in [0.2, 0.25) is 5.91 Å². The molecule has 32 heavy (non-hydrogen) atoms. The number of aliphatic hydroxyl groups is 1. The topological polar surface area (TPSA) is 92.4 Å². The quantitative estimate of drug-likeness (QED) is 0.486. The standard InChI is InChI=1S/C23H21F2N5O2/c1-3-20(31)17-6-12(2)15(11-26-17)19-7-13-10-27-21(29-22(32)16-9-23(16,24)25)8-14(13)18-4-5-28-30(18)19/h4-8,10-11,16,20,31H,3,9H2,1-2H3,(H,27,29,32)/t16?,20-/m1/s1. The second-order valence-corrected chi connectivity index (χ2v) is 8.17. The Hall–Kier alpha value is -3.46. The molecule has 1 aliphatic carbocycles. The Morgan fingerprint density at radius 2 is 2.09 bits per heavy atom. The molecule has 1 unspecified atom stereocenters. The number of aryl methyl sites for hydroxylation is 1. The fraction of sp³-hybridized carbons (Fsp3) is 0.304. The van der Waals surface area contributed by atoms with E-state index < -0.39 is 30.3 Å². The van der Waals surface area contributed by atoms with Crippen LogP contribution in [-0.4, -0.2) is 36.5 Å². The minimum atomic E-state index is -2.93. The van der Waals surface area contributed by atoms with Crippen molar-refractivity contribution in [3.8, 4) is 11.3 Å². The molecule has 0 aromatic carbocycles. The Bertz CT molecular complexity index is 1370. The van der Waals surface area contributed by atoms with Crippen molar-refractivity contribution < 1.29 is 18.7 Å². The number of carbonyl (C=O) groups is 1. The first kappa shape index (κ1) is 20.4. The van der Waals surface area contributed by atoms with Crippen molar-refractivity contribution >= 4 is 28.0 Å². The van der Waals surface area contributed by atoms with Gasteiger partial charge in [-0.2, -0.15) is 5.10 Å². The van der Waals surface area contributed by atoms with E-state index in [1.165, 1.54) is 0 Å². The van der Waals surface area contributed by atoms with Crippen LogP contribution in [0.4, 0.5) is 14.6 Å². The van der Waals surface area contributed by atoms with Gasteiger partial charge in [-0.25, -0.2) is 18.3 Å². The number of hydrogen-bond donors (Lipinski definition) is 2. The summed E-state index contributed by atoms with van der Waals surface area (Å²) in [6.45, 7) is 3.85. The maximum absolute atomic E-state index is 13.2. The van der Waals surface area contributed by atoms with Crippen LogP contribution in [0.5, 0.6) is 0 Å². The monoisotopic (exact) mass is 437 g/mol. The maximum atomic E-state index is 13.2. The molecule has 1 aliphatic rings. The number of fused-ring (bicyclic) bond motifs is 3. The number of rotatable bonds is 5. The van der Waals surface area contributed by atoms with E-state index in [9.17, 15) is 18.7 Å². The van der Waals surface area contributed by atoms with Crippen molar-refractivity contribution in [1.29, 1.82) is 0 Å². The molecular formula is C23H21F2N5O2. The van der Waals surface area contributed by atoms with Crippen LogP contribution in [0.15, 0.2) is 42.9 Å². The van der Waals surface area contributed by atoms with E-state index in [1.807, 2.05) is 32.0 Å². The lowest BCUT2D eigenvalue weighted by Gasteiger charge is -2.14. The molecule has 2 N–H and O–H groups in total. The lowest BCUT2D eigenvalue weighted by atomic mass is 10.0. The number of carbonyl (C=O) groups excluding carboxylic acids is 1. The number of nitrogens with one attached hydrogen (secondary N) is 1. The van der Waals surface area contributed by atoms with Crippen LogP contribution in [0, 0.1) is 12.8 Å². The summed E-state index contributed by atoms with van der Waals surface area (Å²) in [4.78, 5) is 20.7. The lowest BCUT2D eigenvalue weighted by molar-refractivity contribution is -0.119. The van der Waals surface area contributed by atoms with E-state index in [2.05, 4.69) is 20.4 Å². The van der Waals surface area contributed by atoms with Crippen LogP contribution in [0.1, 0.15) is 37.1 Å². The van der Waals surface area contributed by atoms with Gasteiger partial charge in [-0.15, -0.1) is 0 Å². The molecule has 5 rings (SSSR count). The Kier molecular flexibility index (Phi) is 4.67. The van der Waals surface area contributed by atoms with Crippen LogP contribution in [0.25, 0.3) is 27.5 Å². The SMILES string of the molecule is CC[C@@H](O)c1cc(C)c(-c2cc3cnc(NC(=O)C4CC4(F)F)cc3c3ccnn23)cn1. The number of amides is 1. The maximum Gasteiger partial charge on any atom is 0.260 e. The molecule has 4 aromatic heterocycles. The van der Waals surface area contributed by atoms with Crippen molar-refractivity contribution in [1.82, 2.24) is 19.6 Å². The molecule has 4 aromatic rings. The molecule has 0 aliphatic heterocycles. The molecule has 0 spiro atoms. The van der Waals surface area contributed by atoms with Gasteiger partial charge in [-0.3, -0.25) is 9.78 Å². The van der Waals surface area contributed by atoms with Gasteiger partial charge in [0.1, 0.15) is 11.7 Å².